The summed E-state index contributed by atoms with van der Waals surface area (Å²) in [5, 5.41) is 14.3. The van der Waals surface area contributed by atoms with Crippen LogP contribution in [0, 0.1) is 0 Å². The predicted molar refractivity (Wildman–Crippen MR) is 113 cm³/mol. The third-order valence-electron chi connectivity index (χ3n) is 6.14. The average Bonchev–Trinajstić information content (AvgIpc) is 3.09. The zero-order valence-corrected chi connectivity index (χ0v) is 17.2. The van der Waals surface area contributed by atoms with Gasteiger partial charge in [-0.05, 0) is 36.5 Å². The van der Waals surface area contributed by atoms with Crippen molar-refractivity contribution in [3.63, 3.8) is 0 Å². The van der Waals surface area contributed by atoms with Gasteiger partial charge in [0.1, 0.15) is 5.82 Å². The van der Waals surface area contributed by atoms with E-state index < -0.39 is 16.9 Å². The van der Waals surface area contributed by atoms with Crippen molar-refractivity contribution in [3.05, 3.63) is 46.1 Å². The lowest BCUT2D eigenvalue weighted by Gasteiger charge is -2.36. The molecule has 5 nitrogen and oxygen atoms in total. The number of benzene rings is 1. The minimum Gasteiger partial charge on any atom is -0.391 e. The molecule has 1 fully saturated rings. The Morgan fingerprint density at radius 1 is 1.21 bits per heavy atom. The standard InChI is InChI=1S/C21H24ClN3O2S/c22-15-3-1-13(2-4-15)14-5-8-25(9-6-14)21-17-11-16(26)12-23-19(17)20-18(24-21)7-10-28(20)27/h1-4,14,16,23,26H,5-12H2. The summed E-state index contributed by atoms with van der Waals surface area (Å²) >= 11 is 6.03. The highest BCUT2D eigenvalue weighted by Gasteiger charge is 2.33. The molecule has 3 aliphatic heterocycles. The summed E-state index contributed by atoms with van der Waals surface area (Å²) in [6.45, 7) is 2.38. The van der Waals surface area contributed by atoms with E-state index in [1.807, 2.05) is 12.1 Å². The number of piperidine rings is 1. The number of aliphatic hydroxyl groups is 1. The van der Waals surface area contributed by atoms with Gasteiger partial charge in [0.15, 0.2) is 0 Å². The molecule has 0 aliphatic carbocycles. The number of β-amino-alcohol motifs (C(OH)–C–C–N with tert-alkyl or cyclic N) is 1. The molecule has 0 saturated carbocycles. The highest BCUT2D eigenvalue weighted by atomic mass is 35.5. The lowest BCUT2D eigenvalue weighted by molar-refractivity contribution is 0.184. The number of nitrogens with one attached hydrogen (secondary N) is 1. The molecule has 7 heteroatoms. The highest BCUT2D eigenvalue weighted by Crippen LogP contribution is 2.41. The molecule has 28 heavy (non-hydrogen) atoms. The Labute approximate surface area is 172 Å². The van der Waals surface area contributed by atoms with Crippen LogP contribution in [0.1, 0.15) is 35.6 Å². The van der Waals surface area contributed by atoms with Crippen molar-refractivity contribution in [1.82, 2.24) is 4.98 Å². The van der Waals surface area contributed by atoms with Gasteiger partial charge in [-0.25, -0.2) is 4.98 Å². The third kappa shape index (κ3) is 3.21. The second kappa shape index (κ2) is 7.32. The van der Waals surface area contributed by atoms with Crippen LogP contribution >= 0.6 is 11.6 Å². The molecule has 148 valence electrons. The summed E-state index contributed by atoms with van der Waals surface area (Å²) in [4.78, 5) is 8.18. The predicted octanol–water partition coefficient (Wildman–Crippen LogP) is 3.11. The molecule has 2 atom stereocenters. The third-order valence-corrected chi connectivity index (χ3v) is 7.87. The number of hydrogen-bond donors (Lipinski definition) is 2. The van der Waals surface area contributed by atoms with Crippen LogP contribution in [0.2, 0.25) is 5.02 Å². The quantitative estimate of drug-likeness (QED) is 0.786. The van der Waals surface area contributed by atoms with E-state index in [4.69, 9.17) is 16.6 Å². The number of halogens is 1. The van der Waals surface area contributed by atoms with E-state index in [1.165, 1.54) is 5.56 Å². The van der Waals surface area contributed by atoms with Crippen LogP contribution in [0.5, 0.6) is 0 Å². The van der Waals surface area contributed by atoms with Crippen LogP contribution in [-0.2, 0) is 23.6 Å². The lowest BCUT2D eigenvalue weighted by Crippen LogP contribution is -2.37. The van der Waals surface area contributed by atoms with Crippen molar-refractivity contribution < 1.29 is 9.32 Å². The van der Waals surface area contributed by atoms with Crippen molar-refractivity contribution in [2.75, 3.05) is 35.6 Å². The Hall–Kier alpha value is -1.63. The lowest BCUT2D eigenvalue weighted by atomic mass is 9.89. The molecule has 3 aliphatic rings. The van der Waals surface area contributed by atoms with E-state index >= 15 is 0 Å². The van der Waals surface area contributed by atoms with Gasteiger partial charge < -0.3 is 15.3 Å². The topological polar surface area (TPSA) is 65.5 Å². The van der Waals surface area contributed by atoms with Crippen molar-refractivity contribution in [2.24, 2.45) is 0 Å². The van der Waals surface area contributed by atoms with Crippen molar-refractivity contribution >= 4 is 33.9 Å². The maximum absolute atomic E-state index is 12.5. The van der Waals surface area contributed by atoms with Crippen LogP contribution in [0.25, 0.3) is 0 Å². The highest BCUT2D eigenvalue weighted by molar-refractivity contribution is 7.85. The number of aromatic nitrogens is 1. The van der Waals surface area contributed by atoms with Gasteiger partial charge in [0.05, 0.1) is 33.2 Å². The van der Waals surface area contributed by atoms with Crippen LogP contribution in [0.4, 0.5) is 11.5 Å². The Bertz CT molecular complexity index is 926. The van der Waals surface area contributed by atoms with Gasteiger partial charge in [0, 0.05) is 48.8 Å². The fraction of sp³-hybridized carbons (Fsp3) is 0.476. The SMILES string of the molecule is O=S1CCc2nc(N3CCC(c4ccc(Cl)cc4)CC3)c3c(c21)NCC(O)C3. The fourth-order valence-corrected chi connectivity index (χ4v) is 6.22. The normalized spacial score (nSPS) is 24.6. The Balaban J connectivity index is 1.43. The Morgan fingerprint density at radius 3 is 2.71 bits per heavy atom. The van der Waals surface area contributed by atoms with E-state index in [9.17, 15) is 9.32 Å². The van der Waals surface area contributed by atoms with Gasteiger partial charge in [-0.1, -0.05) is 23.7 Å². The van der Waals surface area contributed by atoms with E-state index in [0.717, 1.165) is 65.0 Å². The first-order valence-corrected chi connectivity index (χ1v) is 11.7. The number of anilines is 2. The van der Waals surface area contributed by atoms with Gasteiger partial charge in [0.25, 0.3) is 0 Å². The maximum Gasteiger partial charge on any atom is 0.134 e. The van der Waals surface area contributed by atoms with Crippen molar-refractivity contribution in [1.29, 1.82) is 0 Å². The first kappa shape index (κ1) is 18.4. The second-order valence-corrected chi connectivity index (χ2v) is 9.86. The van der Waals surface area contributed by atoms with Crippen LogP contribution in [0.15, 0.2) is 29.2 Å². The molecule has 2 unspecified atom stereocenters. The minimum atomic E-state index is -0.980. The van der Waals surface area contributed by atoms with Crippen molar-refractivity contribution in [3.8, 4) is 0 Å². The molecule has 1 saturated heterocycles. The molecule has 0 amide bonds. The van der Waals surface area contributed by atoms with Gasteiger partial charge in [-0.2, -0.15) is 0 Å². The number of hydrogen-bond acceptors (Lipinski definition) is 5. The number of nitrogens with zero attached hydrogens (tertiary/aromatic N) is 2. The zero-order valence-electron chi connectivity index (χ0n) is 15.7. The molecule has 1 aromatic carbocycles. The van der Waals surface area contributed by atoms with Gasteiger partial charge in [-0.3, -0.25) is 4.21 Å². The molecular weight excluding hydrogens is 394 g/mol. The summed E-state index contributed by atoms with van der Waals surface area (Å²) < 4.78 is 12.5. The van der Waals surface area contributed by atoms with Gasteiger partial charge in [-0.15, -0.1) is 0 Å². The van der Waals surface area contributed by atoms with E-state index in [0.29, 0.717) is 24.6 Å². The largest absolute Gasteiger partial charge is 0.391 e. The first-order valence-electron chi connectivity index (χ1n) is 9.96. The molecule has 0 bridgehead atoms. The molecular formula is C21H24ClN3O2S. The molecule has 4 heterocycles. The zero-order chi connectivity index (χ0) is 19.3. The summed E-state index contributed by atoms with van der Waals surface area (Å²) in [6.07, 6.45) is 3.06. The average molecular weight is 418 g/mol. The fourth-order valence-electron chi connectivity index (χ4n) is 4.67. The van der Waals surface area contributed by atoms with Crippen molar-refractivity contribution in [2.45, 2.75) is 42.6 Å². The number of pyridine rings is 1. The minimum absolute atomic E-state index is 0.424. The number of aryl methyl sites for hydroxylation is 1. The summed E-state index contributed by atoms with van der Waals surface area (Å²) in [5.74, 6) is 2.17. The van der Waals surface area contributed by atoms with Gasteiger partial charge >= 0.3 is 0 Å². The molecule has 5 rings (SSSR count). The molecule has 2 aromatic rings. The van der Waals surface area contributed by atoms with E-state index in [-0.39, 0.29) is 0 Å². The Kier molecular flexibility index (Phi) is 4.81. The van der Waals surface area contributed by atoms with E-state index in [1.54, 1.807) is 0 Å². The summed E-state index contributed by atoms with van der Waals surface area (Å²) in [6, 6.07) is 8.20. The number of fused-ring (bicyclic) bond motifs is 3. The number of aliphatic hydroxyl groups excluding tert-OH is 1. The first-order chi connectivity index (χ1) is 13.6. The second-order valence-electron chi connectivity index (χ2n) is 7.92. The molecule has 2 N–H and O–H groups in total. The van der Waals surface area contributed by atoms with E-state index in [2.05, 4.69) is 22.3 Å². The summed E-state index contributed by atoms with van der Waals surface area (Å²) in [7, 11) is -0.980. The maximum atomic E-state index is 12.5. The van der Waals surface area contributed by atoms with Gasteiger partial charge in [0.2, 0.25) is 0 Å². The monoisotopic (exact) mass is 417 g/mol. The van der Waals surface area contributed by atoms with Crippen LogP contribution < -0.4 is 10.2 Å². The smallest absolute Gasteiger partial charge is 0.134 e. The summed E-state index contributed by atoms with van der Waals surface area (Å²) in [5.41, 5.74) is 4.33. The molecule has 0 radical (unpaired) electrons. The molecule has 0 spiro atoms. The van der Waals surface area contributed by atoms with Crippen LogP contribution in [-0.4, -0.2) is 45.8 Å². The molecule has 1 aromatic heterocycles. The Morgan fingerprint density at radius 2 is 1.96 bits per heavy atom. The number of rotatable bonds is 2. The van der Waals surface area contributed by atoms with Crippen LogP contribution in [0.3, 0.4) is 0 Å².